The highest BCUT2D eigenvalue weighted by Gasteiger charge is 2.73. The van der Waals surface area contributed by atoms with Gasteiger partial charge in [-0.15, -0.1) is 0 Å². The fraction of sp³-hybridized carbons (Fsp3) is 0.767. The number of hydrogen-bond donors (Lipinski definition) is 2. The maximum absolute atomic E-state index is 14.3. The minimum Gasteiger partial charge on any atom is -0.505 e. The molecule has 9 unspecified atom stereocenters. The molecule has 36 heavy (non-hydrogen) atoms. The molecule has 0 aromatic carbocycles. The van der Waals surface area contributed by atoms with Gasteiger partial charge in [-0.25, -0.2) is 0 Å². The summed E-state index contributed by atoms with van der Waals surface area (Å²) in [5, 5.41) is 21.4. The predicted molar refractivity (Wildman–Crippen MR) is 135 cm³/mol. The number of Topliss-reactive ketones (excluding diaryl/α,β-unsaturated/α-hetero) is 3. The molecule has 1 heterocycles. The first-order valence-electron chi connectivity index (χ1n) is 13.5. The second-order valence-corrected chi connectivity index (χ2v) is 14.2. The second kappa shape index (κ2) is 7.41. The molecule has 1 aliphatic heterocycles. The average Bonchev–Trinajstić information content (AvgIpc) is 2.88. The first-order valence-corrected chi connectivity index (χ1v) is 13.5. The van der Waals surface area contributed by atoms with E-state index in [9.17, 15) is 24.6 Å². The van der Waals surface area contributed by atoms with Crippen LogP contribution in [0.2, 0.25) is 0 Å². The Morgan fingerprint density at radius 1 is 1.06 bits per heavy atom. The zero-order valence-electron chi connectivity index (χ0n) is 23.0. The van der Waals surface area contributed by atoms with Crippen molar-refractivity contribution in [3.8, 4) is 0 Å². The molecule has 6 nitrogen and oxygen atoms in total. The van der Waals surface area contributed by atoms with Crippen molar-refractivity contribution < 1.29 is 29.3 Å². The molecule has 2 N–H and O–H groups in total. The molecule has 2 saturated carbocycles. The van der Waals surface area contributed by atoms with Crippen molar-refractivity contribution in [3.63, 3.8) is 0 Å². The van der Waals surface area contributed by atoms with Gasteiger partial charge in [-0.1, -0.05) is 39.3 Å². The van der Waals surface area contributed by atoms with Gasteiger partial charge in [0.1, 0.15) is 11.6 Å². The molecule has 4 aliphatic carbocycles. The molecule has 0 aromatic rings. The highest BCUT2D eigenvalue weighted by atomic mass is 16.5. The van der Waals surface area contributed by atoms with E-state index in [2.05, 4.69) is 19.9 Å². The number of fused-ring (bicyclic) bond motifs is 7. The van der Waals surface area contributed by atoms with Crippen molar-refractivity contribution >= 4 is 17.3 Å². The quantitative estimate of drug-likeness (QED) is 0.506. The SMILES string of the molecule is CC1C(=O)CC(C(C)(C)O)OC2CC3(C)C4CC=C5C(C=C(O)C(=O)C5(C)C)C4(C)C(=O)CC3(C)C21. The number of allylic oxidation sites excluding steroid dienone is 4. The summed E-state index contributed by atoms with van der Waals surface area (Å²) in [4.78, 5) is 40.4. The predicted octanol–water partition coefficient (Wildman–Crippen LogP) is 4.74. The first kappa shape index (κ1) is 25.8. The van der Waals surface area contributed by atoms with Crippen LogP contribution >= 0.6 is 0 Å². The molecule has 9 atom stereocenters. The molecule has 5 rings (SSSR count). The average molecular weight is 499 g/mol. The van der Waals surface area contributed by atoms with E-state index < -0.39 is 27.9 Å². The highest BCUT2D eigenvalue weighted by Crippen LogP contribution is 2.74. The van der Waals surface area contributed by atoms with Crippen LogP contribution in [0.4, 0.5) is 0 Å². The van der Waals surface area contributed by atoms with Crippen LogP contribution in [0.15, 0.2) is 23.5 Å². The summed E-state index contributed by atoms with van der Waals surface area (Å²) in [7, 11) is 0. The van der Waals surface area contributed by atoms with E-state index in [1.54, 1.807) is 19.9 Å². The maximum atomic E-state index is 14.3. The number of hydrogen-bond acceptors (Lipinski definition) is 6. The number of aliphatic hydroxyl groups is 2. The molecule has 0 spiro atoms. The molecule has 3 fully saturated rings. The Hall–Kier alpha value is -1.79. The first-order chi connectivity index (χ1) is 16.4. The van der Waals surface area contributed by atoms with Crippen molar-refractivity contribution in [2.75, 3.05) is 0 Å². The lowest BCUT2D eigenvalue weighted by Gasteiger charge is -2.63. The summed E-state index contributed by atoms with van der Waals surface area (Å²) in [6.07, 6.45) is 4.84. The number of ether oxygens (including phenoxy) is 1. The zero-order chi connectivity index (χ0) is 26.8. The minimum absolute atomic E-state index is 0.0310. The molecule has 0 bridgehead atoms. The normalized spacial score (nSPS) is 48.2. The molecule has 6 heteroatoms. The Kier molecular flexibility index (Phi) is 5.32. The number of aliphatic hydroxyl groups excluding tert-OH is 1. The Morgan fingerprint density at radius 2 is 1.69 bits per heavy atom. The Morgan fingerprint density at radius 3 is 2.31 bits per heavy atom. The van der Waals surface area contributed by atoms with E-state index in [-0.39, 0.29) is 64.7 Å². The molecule has 0 aromatic heterocycles. The topological polar surface area (TPSA) is 101 Å². The molecule has 198 valence electrons. The van der Waals surface area contributed by atoms with Crippen LogP contribution in [0.1, 0.15) is 81.1 Å². The van der Waals surface area contributed by atoms with Crippen molar-refractivity contribution in [1.29, 1.82) is 0 Å². The Bertz CT molecular complexity index is 1110. The van der Waals surface area contributed by atoms with Gasteiger partial charge >= 0.3 is 0 Å². The van der Waals surface area contributed by atoms with E-state index in [4.69, 9.17) is 4.74 Å². The van der Waals surface area contributed by atoms with Gasteiger partial charge in [0, 0.05) is 36.0 Å². The lowest BCUT2D eigenvalue weighted by Crippen LogP contribution is -2.62. The lowest BCUT2D eigenvalue weighted by atomic mass is 9.39. The van der Waals surface area contributed by atoms with Crippen LogP contribution < -0.4 is 0 Å². The number of carbonyl (C=O) groups excluding carboxylic acids is 3. The van der Waals surface area contributed by atoms with E-state index in [1.807, 2.05) is 27.7 Å². The summed E-state index contributed by atoms with van der Waals surface area (Å²) in [6, 6.07) is 0. The molecular weight excluding hydrogens is 456 g/mol. The van der Waals surface area contributed by atoms with Crippen LogP contribution in [0.5, 0.6) is 0 Å². The lowest BCUT2D eigenvalue weighted by molar-refractivity contribution is -0.167. The molecular formula is C30H42O6. The Labute approximate surface area is 214 Å². The third-order valence-electron chi connectivity index (χ3n) is 11.6. The van der Waals surface area contributed by atoms with E-state index >= 15 is 0 Å². The van der Waals surface area contributed by atoms with Gasteiger partial charge < -0.3 is 14.9 Å². The summed E-state index contributed by atoms with van der Waals surface area (Å²) >= 11 is 0. The van der Waals surface area contributed by atoms with Crippen molar-refractivity contribution in [2.45, 2.75) is 98.9 Å². The van der Waals surface area contributed by atoms with Crippen LogP contribution in [-0.4, -0.2) is 45.4 Å². The maximum Gasteiger partial charge on any atom is 0.206 e. The third-order valence-corrected chi connectivity index (χ3v) is 11.6. The summed E-state index contributed by atoms with van der Waals surface area (Å²) < 4.78 is 6.59. The highest BCUT2D eigenvalue weighted by molar-refractivity contribution is 6.02. The van der Waals surface area contributed by atoms with Crippen LogP contribution in [0.3, 0.4) is 0 Å². The van der Waals surface area contributed by atoms with Gasteiger partial charge in [0.05, 0.1) is 23.2 Å². The summed E-state index contributed by atoms with van der Waals surface area (Å²) in [5.41, 5.74) is -2.59. The molecule has 0 radical (unpaired) electrons. The van der Waals surface area contributed by atoms with Crippen molar-refractivity contribution in [2.24, 2.45) is 45.3 Å². The second-order valence-electron chi connectivity index (χ2n) is 14.2. The smallest absolute Gasteiger partial charge is 0.206 e. The molecule has 5 aliphatic rings. The molecule has 0 amide bonds. The van der Waals surface area contributed by atoms with Gasteiger partial charge in [-0.3, -0.25) is 14.4 Å². The Balaban J connectivity index is 1.64. The third kappa shape index (κ3) is 3.00. The number of carbonyl (C=O) groups is 3. The minimum atomic E-state index is -1.14. The monoisotopic (exact) mass is 498 g/mol. The summed E-state index contributed by atoms with van der Waals surface area (Å²) in [6.45, 7) is 15.5. The standard InChI is InChI=1S/C30H42O6/c1-15-18(31)12-23(27(4,5)35)36-20-13-28(6)21-10-9-16-17(11-19(32)25(34)26(16,2)3)30(21,8)22(33)14-29(28,7)24(15)20/h9,11,15,17,20-21,23-24,32,35H,10,12-14H2,1-8H3. The van der Waals surface area contributed by atoms with Crippen LogP contribution in [-0.2, 0) is 19.1 Å². The van der Waals surface area contributed by atoms with Crippen molar-refractivity contribution in [1.82, 2.24) is 0 Å². The fourth-order valence-electron chi connectivity index (χ4n) is 9.24. The number of ketones is 3. The van der Waals surface area contributed by atoms with E-state index in [1.165, 1.54) is 0 Å². The summed E-state index contributed by atoms with van der Waals surface area (Å²) in [5.74, 6) is -1.07. The number of rotatable bonds is 1. The fourth-order valence-corrected chi connectivity index (χ4v) is 9.24. The van der Waals surface area contributed by atoms with Crippen molar-refractivity contribution in [3.05, 3.63) is 23.5 Å². The molecule has 1 saturated heterocycles. The van der Waals surface area contributed by atoms with Gasteiger partial charge in [0.2, 0.25) is 5.78 Å². The van der Waals surface area contributed by atoms with Gasteiger partial charge in [0.25, 0.3) is 0 Å². The largest absolute Gasteiger partial charge is 0.505 e. The van der Waals surface area contributed by atoms with Crippen LogP contribution in [0, 0.1) is 45.3 Å². The zero-order valence-corrected chi connectivity index (χ0v) is 23.0. The van der Waals surface area contributed by atoms with Gasteiger partial charge in [-0.05, 0) is 63.4 Å². The van der Waals surface area contributed by atoms with Gasteiger partial charge in [-0.2, -0.15) is 0 Å². The van der Waals surface area contributed by atoms with Crippen LogP contribution in [0.25, 0.3) is 0 Å². The van der Waals surface area contributed by atoms with E-state index in [0.717, 1.165) is 5.57 Å². The van der Waals surface area contributed by atoms with Gasteiger partial charge in [0.15, 0.2) is 5.76 Å². The van der Waals surface area contributed by atoms with E-state index in [0.29, 0.717) is 19.3 Å².